The van der Waals surface area contributed by atoms with E-state index in [9.17, 15) is 0 Å². The third-order valence-electron chi connectivity index (χ3n) is 19.3. The quantitative estimate of drug-likeness (QED) is 0.116. The molecule has 16 aromatic rings. The zero-order valence-electron chi connectivity index (χ0n) is 89.4. The number of aromatic nitrogens is 6. The van der Waals surface area contributed by atoms with Gasteiger partial charge >= 0.3 is 0 Å². The molecule has 0 amide bonds. The first-order valence-electron chi connectivity index (χ1n) is 51.0. The van der Waals surface area contributed by atoms with Crippen molar-refractivity contribution in [1.82, 2.24) is 29.9 Å². The minimum atomic E-state index is 0. The molecule has 0 N–H and O–H groups in total. The molecule has 9 aliphatic rings. The molecule has 16 heteroatoms. The molecule has 14 heterocycles. The predicted molar refractivity (Wildman–Crippen MR) is 629 cm³/mol. The molecule has 1 radical (unpaired) electrons. The summed E-state index contributed by atoms with van der Waals surface area (Å²) in [7, 11) is 0. The number of hydrogen-bond acceptors (Lipinski definition) is 15. The van der Waals surface area contributed by atoms with Crippen LogP contribution in [0.5, 0.6) is 0 Å². The molecule has 0 unspecified atom stereocenters. The van der Waals surface area contributed by atoms with Gasteiger partial charge in [-0.05, 0) is 125 Å². The monoisotopic (exact) mass is 1990 g/mol. The molecule has 0 fully saturated rings. The van der Waals surface area contributed by atoms with Gasteiger partial charge in [-0.2, -0.15) is 42.3 Å². The van der Waals surface area contributed by atoms with Crippen molar-refractivity contribution in [3.05, 3.63) is 408 Å². The summed E-state index contributed by atoms with van der Waals surface area (Å²) in [6.07, 6.45) is 39.0. The molecular formula is C127H161N15Y-2. The second-order valence-electron chi connectivity index (χ2n) is 27.1. The van der Waals surface area contributed by atoms with Crippen molar-refractivity contribution in [3.8, 4) is 0 Å². The van der Waals surface area contributed by atoms with Crippen molar-refractivity contribution in [2.24, 2.45) is 44.9 Å². The van der Waals surface area contributed by atoms with Crippen LogP contribution in [0.1, 0.15) is 229 Å². The average Bonchev–Trinajstić information content (AvgIpc) is 1.75. The third-order valence-corrected chi connectivity index (χ3v) is 19.3. The summed E-state index contributed by atoms with van der Waals surface area (Å²) in [5.41, 5.74) is 17.7. The first kappa shape index (κ1) is 129. The number of benzene rings is 11. The number of aliphatic imine (C=N–C) groups is 8. The number of para-hydroxylation sites is 2. The molecule has 11 aromatic carbocycles. The maximum Gasteiger partial charge on any atom is 0.173 e. The van der Waals surface area contributed by atoms with Crippen LogP contribution in [-0.4, -0.2) is 86.2 Å². The number of rotatable bonds is 1. The topological polar surface area (TPSA) is 189 Å². The van der Waals surface area contributed by atoms with Crippen LogP contribution >= 0.6 is 0 Å². The zero-order chi connectivity index (χ0) is 104. The van der Waals surface area contributed by atoms with E-state index in [0.29, 0.717) is 0 Å². The van der Waals surface area contributed by atoms with Crippen LogP contribution in [0, 0.1) is 13.0 Å². The van der Waals surface area contributed by atoms with Crippen LogP contribution in [0.2, 0.25) is 0 Å². The van der Waals surface area contributed by atoms with Crippen LogP contribution in [0.25, 0.3) is 49.2 Å². The van der Waals surface area contributed by atoms with Gasteiger partial charge in [-0.3, -0.25) is 54.9 Å². The van der Waals surface area contributed by atoms with E-state index in [0.717, 1.165) is 121 Å². The van der Waals surface area contributed by atoms with E-state index in [1.54, 1.807) is 43.4 Å². The molecule has 15 nitrogen and oxygen atoms in total. The number of nitrogens with zero attached hydrogens (tertiary/aromatic N) is 15. The smallest absolute Gasteiger partial charge is 0.173 e. The van der Waals surface area contributed by atoms with E-state index >= 15 is 0 Å². The van der Waals surface area contributed by atoms with Gasteiger partial charge in [0.2, 0.25) is 0 Å². The average molecular weight is 1990 g/mol. The van der Waals surface area contributed by atoms with E-state index in [-0.39, 0.29) is 40.1 Å². The Kier molecular flexibility index (Phi) is 76.9. The van der Waals surface area contributed by atoms with Crippen molar-refractivity contribution in [1.29, 1.82) is 0 Å². The van der Waals surface area contributed by atoms with Crippen LogP contribution in [0.3, 0.4) is 0 Å². The first-order chi connectivity index (χ1) is 70.0. The van der Waals surface area contributed by atoms with Gasteiger partial charge in [-0.25, -0.2) is 20.0 Å². The SMILES string of the molecule is C.C1=NCc2ccccc21.C1=Nc2c(ccc3ccccc23)C1.C1=Nc2ccccc2C1.C1=Nc2cccnc2C1.C1=Nc2ccncc2C1.C1=Nc2cnccc2C1.C1=Nc2ncccc2C1.C1=Nc2nccnc2C1.C1=c2ccccc2=NC1.CC.CC.CC.CC.CC.CC.CC.CC.CC.CC.CC.CC.[CH2-]Cc1[c-]cccc1.[Y].c1ccc2cc3ccccc3cc2c1.c1ccc2ccccc2c1. The molecule has 5 aromatic heterocycles. The largest absolute Gasteiger partial charge is 0.341 e. The Balaban J connectivity index is 0.00000151. The van der Waals surface area contributed by atoms with E-state index < -0.39 is 0 Å². The molecule has 9 aliphatic heterocycles. The standard InChI is InChI=1S/C14H10.C12H9N.C10H8.3C8H7N.C8H8.4C7H6N2.C6H5N3.12C2H6.CH4.Y/c1-2-6-12-10-14-8-4-3-7-13(14)9-11(12)5-1;1-2-4-11-9(3-1)5-6-10-7-8-13-12(10)11;1-2-6-10-8-4-3-7-9(10)5-1;1-2-4-8-6-9-5-7(8)3-1;2*1-2-4-8-7(3-1)5-6-9-8;1-2-8-6-4-3-5-7-8;1-4-9-7-2-3-8-5-6(1)7;1-3-8-5-7-6(1)2-4-9-7;1-2-6-7(8-4-1)3-5-9-6;1-2-6-3-5-9-7(6)8-4-1;1-2-8-6-5(1)7-3-4-9-6;12*1-2;;/h1-10H;1-6,8H,7H2;1-8H;1-5H,6H2;1-4,6H,5H2;1-5H,6H2;3-6H,1-2H2;2-5H,1H2;1,3-5H,2H2;2*1-2,4-5H,3H2;2-4H,1H2;12*1-2H3;1H4;/q;;;;;;-2;;;;;;;;;;;;;;;;;;;. The Bertz CT molecular complexity index is 5670. The van der Waals surface area contributed by atoms with Gasteiger partial charge in [-0.1, -0.05) is 380 Å². The second-order valence-corrected chi connectivity index (χ2v) is 27.1. The van der Waals surface area contributed by atoms with Crippen molar-refractivity contribution in [2.45, 2.75) is 232 Å². The van der Waals surface area contributed by atoms with Gasteiger partial charge in [0.1, 0.15) is 0 Å². The Labute approximate surface area is 885 Å². The Hall–Kier alpha value is -13.7. The predicted octanol–water partition coefficient (Wildman–Crippen LogP) is 34.5. The van der Waals surface area contributed by atoms with Gasteiger partial charge in [0.15, 0.2) is 11.6 Å². The molecule has 0 saturated heterocycles. The molecule has 0 spiro atoms. The molecule has 143 heavy (non-hydrogen) atoms. The van der Waals surface area contributed by atoms with E-state index in [4.69, 9.17) is 0 Å². The summed E-state index contributed by atoms with van der Waals surface area (Å²) in [5, 5.41) is 12.8. The van der Waals surface area contributed by atoms with Crippen LogP contribution in [-0.2, 0) is 90.6 Å². The normalized spacial score (nSPS) is 10.9. The maximum absolute atomic E-state index is 4.40. The number of pyridine rings is 4. The molecule has 0 atom stereocenters. The van der Waals surface area contributed by atoms with Gasteiger partial charge in [-0.15, -0.1) is 0 Å². The molecule has 0 saturated carbocycles. The van der Waals surface area contributed by atoms with Crippen molar-refractivity contribution < 1.29 is 32.7 Å². The van der Waals surface area contributed by atoms with Crippen molar-refractivity contribution >= 4 is 139 Å². The van der Waals surface area contributed by atoms with E-state index in [2.05, 4.69) is 270 Å². The Morgan fingerprint density at radius 1 is 0.294 bits per heavy atom. The molecule has 0 aliphatic carbocycles. The summed E-state index contributed by atoms with van der Waals surface area (Å²) in [6.45, 7) is 53.5. The van der Waals surface area contributed by atoms with Crippen LogP contribution in [0.15, 0.2) is 374 Å². The fourth-order valence-electron chi connectivity index (χ4n) is 13.2. The maximum atomic E-state index is 4.40. The number of fused-ring (bicyclic) bond motifs is 14. The van der Waals surface area contributed by atoms with Gasteiger partial charge in [0, 0.05) is 187 Å². The molecule has 25 rings (SSSR count). The van der Waals surface area contributed by atoms with Crippen molar-refractivity contribution in [2.75, 3.05) is 6.54 Å². The van der Waals surface area contributed by atoms with Crippen LogP contribution in [0.4, 0.5) is 40.1 Å². The van der Waals surface area contributed by atoms with Crippen LogP contribution < -0.4 is 10.6 Å². The van der Waals surface area contributed by atoms with Gasteiger partial charge in [0.25, 0.3) is 0 Å². The van der Waals surface area contributed by atoms with Gasteiger partial charge in [0.05, 0.1) is 64.5 Å². The summed E-state index contributed by atoms with van der Waals surface area (Å²) in [6, 6.07) is 98.3. The summed E-state index contributed by atoms with van der Waals surface area (Å²) in [4.78, 5) is 61.6. The minimum Gasteiger partial charge on any atom is -0.341 e. The summed E-state index contributed by atoms with van der Waals surface area (Å²) in [5.74, 6) is 1.66. The number of hydrogen-bond donors (Lipinski definition) is 0. The molecular weight excluding hydrogens is 1820 g/mol. The summed E-state index contributed by atoms with van der Waals surface area (Å²) >= 11 is 0. The molecule has 0 bridgehead atoms. The van der Waals surface area contributed by atoms with Gasteiger partial charge < -0.3 is 6.92 Å². The molecule has 749 valence electrons. The zero-order valence-corrected chi connectivity index (χ0v) is 92.3. The van der Waals surface area contributed by atoms with E-state index in [1.165, 1.54) is 92.8 Å². The van der Waals surface area contributed by atoms with Crippen molar-refractivity contribution in [3.63, 3.8) is 0 Å². The first-order valence-corrected chi connectivity index (χ1v) is 51.0. The fourth-order valence-corrected chi connectivity index (χ4v) is 13.2. The minimum absolute atomic E-state index is 0. The Morgan fingerprint density at radius 2 is 0.713 bits per heavy atom. The summed E-state index contributed by atoms with van der Waals surface area (Å²) < 4.78 is 0. The Morgan fingerprint density at radius 3 is 1.27 bits per heavy atom. The fraction of sp³-hybridized carbons (Fsp3) is 0.276. The third kappa shape index (κ3) is 46.3. The second kappa shape index (κ2) is 85.1. The van der Waals surface area contributed by atoms with E-state index in [1.807, 2.05) is 325 Å².